The van der Waals surface area contributed by atoms with Crippen molar-refractivity contribution in [3.63, 3.8) is 0 Å². The van der Waals surface area contributed by atoms with E-state index in [-0.39, 0.29) is 25.3 Å². The van der Waals surface area contributed by atoms with Crippen LogP contribution in [0.5, 0.6) is 0 Å². The van der Waals surface area contributed by atoms with Gasteiger partial charge in [0.15, 0.2) is 18.2 Å². The predicted octanol–water partition coefficient (Wildman–Crippen LogP) is -7.53. The normalized spacial score (nSPS) is 20.0. The highest BCUT2D eigenvalue weighted by Crippen LogP contribution is 2.33. The molecule has 84 heavy (non-hydrogen) atoms. The molecule has 15 atom stereocenters. The number of hydrogen-bond donors (Lipinski definition) is 16. The largest absolute Gasteiger partial charge is 0.480 e. The van der Waals surface area contributed by atoms with Crippen molar-refractivity contribution >= 4 is 94.8 Å². The number of guanidine groups is 1. The number of aliphatic hydroxyl groups excluding tert-OH is 4. The zero-order chi connectivity index (χ0) is 64.3. The number of ether oxygens (including phenoxy) is 4. The van der Waals surface area contributed by atoms with E-state index in [0.29, 0.717) is 18.2 Å². The van der Waals surface area contributed by atoms with Crippen molar-refractivity contribution in [2.75, 3.05) is 38.7 Å². The number of nitrogens with zero attached hydrogens (tertiary/aromatic N) is 1. The number of carboxylic acid groups (broad SMARTS) is 1. The number of carbonyl (C=O) groups excluding carboxylic acids is 12. The van der Waals surface area contributed by atoms with Gasteiger partial charge >= 0.3 is 23.9 Å². The van der Waals surface area contributed by atoms with Gasteiger partial charge in [0.25, 0.3) is 0 Å². The van der Waals surface area contributed by atoms with Crippen LogP contribution >= 0.6 is 11.8 Å². The van der Waals surface area contributed by atoms with E-state index in [9.17, 15) is 87.9 Å². The lowest BCUT2D eigenvalue weighted by molar-refractivity contribution is -0.211. The van der Waals surface area contributed by atoms with Crippen LogP contribution in [0, 0.1) is 11.8 Å². The molecule has 1 aliphatic rings. The minimum Gasteiger partial charge on any atom is -0.480 e. The van der Waals surface area contributed by atoms with E-state index in [1.165, 1.54) is 20.8 Å². The molecular formula is C49H82N12O22S. The zero-order valence-electron chi connectivity index (χ0n) is 48.3. The summed E-state index contributed by atoms with van der Waals surface area (Å²) in [4.78, 5) is 174. The van der Waals surface area contributed by atoms with Crippen molar-refractivity contribution in [1.29, 1.82) is 0 Å². The first-order valence-corrected chi connectivity index (χ1v) is 27.5. The third-order valence-electron chi connectivity index (χ3n) is 12.3. The first kappa shape index (κ1) is 74.5. The second-order valence-electron chi connectivity index (χ2n) is 19.7. The van der Waals surface area contributed by atoms with Crippen LogP contribution in [0.3, 0.4) is 0 Å². The Kier molecular flexibility index (Phi) is 32.8. The number of aliphatic imine (C=N–C) groups is 1. The SMILES string of the molecule is CC[C@H](C)[C@H](NC(C)=O)C(=O)N[C@@H](CO)C(=O)N[C@H](C(=O)N[C@@H](CS[C@@H]1O[C@H](COC(C)=O)[C@@H](OC(C)=O)[C@H](OC(C)=O)[C@H]1NC(C)=O)C(=O)N[C@@H](CCCN=C(N)N)C(=O)N[C@@H](CO)C(=O)N[C@H](C(=O)N[C@@H](CO)C(=O)O)[C@@H](C)O)C(C)C. The molecule has 0 aromatic heterocycles. The average molecular weight is 1220 g/mol. The third kappa shape index (κ3) is 25.6. The predicted molar refractivity (Wildman–Crippen MR) is 292 cm³/mol. The molecule has 0 aromatic carbocycles. The Labute approximate surface area is 487 Å². The Balaban J connectivity index is 4.03. The van der Waals surface area contributed by atoms with E-state index >= 15 is 0 Å². The lowest BCUT2D eigenvalue weighted by Crippen LogP contribution is -2.65. The topological polar surface area (TPSA) is 533 Å². The summed E-state index contributed by atoms with van der Waals surface area (Å²) in [6, 6.07) is -15.3. The van der Waals surface area contributed by atoms with E-state index in [1.807, 2.05) is 5.32 Å². The van der Waals surface area contributed by atoms with E-state index in [1.54, 1.807) is 13.8 Å². The number of esters is 3. The summed E-state index contributed by atoms with van der Waals surface area (Å²) in [5.74, 6) is -16.0. The van der Waals surface area contributed by atoms with Gasteiger partial charge in [-0.2, -0.15) is 0 Å². The van der Waals surface area contributed by atoms with Gasteiger partial charge < -0.3 is 104 Å². The molecule has 0 radical (unpaired) electrons. The Morgan fingerprint density at radius 2 is 1.05 bits per heavy atom. The summed E-state index contributed by atoms with van der Waals surface area (Å²) in [7, 11) is 0. The van der Waals surface area contributed by atoms with Gasteiger partial charge in [-0.15, -0.1) is 11.8 Å². The van der Waals surface area contributed by atoms with Crippen molar-refractivity contribution in [1.82, 2.24) is 47.9 Å². The monoisotopic (exact) mass is 1220 g/mol. The molecule has 34 nitrogen and oxygen atoms in total. The van der Waals surface area contributed by atoms with E-state index in [0.717, 1.165) is 34.6 Å². The van der Waals surface area contributed by atoms with E-state index in [4.69, 9.17) is 30.4 Å². The second-order valence-corrected chi connectivity index (χ2v) is 20.8. The van der Waals surface area contributed by atoms with Gasteiger partial charge in [-0.3, -0.25) is 62.5 Å². The van der Waals surface area contributed by atoms with Crippen molar-refractivity contribution in [3.05, 3.63) is 0 Å². The van der Waals surface area contributed by atoms with Gasteiger partial charge in [0.2, 0.25) is 53.2 Å². The fraction of sp³-hybridized carbons (Fsp3) is 0.714. The molecular weight excluding hydrogens is 1140 g/mol. The Morgan fingerprint density at radius 1 is 0.583 bits per heavy atom. The molecule has 0 saturated carbocycles. The fourth-order valence-corrected chi connectivity index (χ4v) is 9.12. The number of hydrogen-bond acceptors (Lipinski definition) is 23. The number of thioether (sulfide) groups is 1. The number of carbonyl (C=O) groups is 13. The van der Waals surface area contributed by atoms with Crippen LogP contribution in [0.15, 0.2) is 4.99 Å². The molecule has 9 amide bonds. The number of rotatable bonds is 35. The number of amides is 9. The van der Waals surface area contributed by atoms with Gasteiger partial charge in [0.05, 0.1) is 25.9 Å². The smallest absolute Gasteiger partial charge is 0.328 e. The Bertz CT molecular complexity index is 2350. The van der Waals surface area contributed by atoms with Crippen LogP contribution in [0.1, 0.15) is 88.5 Å². The van der Waals surface area contributed by atoms with Crippen LogP contribution in [-0.2, 0) is 81.3 Å². The maximum atomic E-state index is 14.8. The lowest BCUT2D eigenvalue weighted by atomic mass is 9.97. The van der Waals surface area contributed by atoms with Gasteiger partial charge in [0.1, 0.15) is 72.5 Å². The summed E-state index contributed by atoms with van der Waals surface area (Å²) in [5, 5.41) is 70.6. The van der Waals surface area contributed by atoms with Gasteiger partial charge in [-0.1, -0.05) is 34.1 Å². The highest BCUT2D eigenvalue weighted by Gasteiger charge is 2.51. The maximum Gasteiger partial charge on any atom is 0.328 e. The van der Waals surface area contributed by atoms with Crippen molar-refractivity contribution in [2.24, 2.45) is 28.3 Å². The van der Waals surface area contributed by atoms with Crippen molar-refractivity contribution in [3.8, 4) is 0 Å². The quantitative estimate of drug-likeness (QED) is 0.00921. The molecule has 1 saturated heterocycles. The molecule has 18 N–H and O–H groups in total. The summed E-state index contributed by atoms with van der Waals surface area (Å²) < 4.78 is 22.5. The molecule has 0 unspecified atom stereocenters. The molecule has 0 spiro atoms. The molecule has 0 aliphatic carbocycles. The van der Waals surface area contributed by atoms with Crippen LogP contribution in [0.2, 0.25) is 0 Å². The number of nitrogens with two attached hydrogens (primary N) is 2. The Hall–Kier alpha value is -7.47. The summed E-state index contributed by atoms with van der Waals surface area (Å²) in [6.45, 7) is 8.65. The van der Waals surface area contributed by atoms with Gasteiger partial charge in [-0.25, -0.2) is 4.79 Å². The number of aliphatic hydroxyl groups is 4. The molecule has 1 heterocycles. The second kappa shape index (κ2) is 37.0. The molecule has 1 aliphatic heterocycles. The summed E-state index contributed by atoms with van der Waals surface area (Å²) in [5.41, 5.74) is 9.51. The first-order valence-electron chi connectivity index (χ1n) is 26.4. The minimum absolute atomic E-state index is 0.0933. The van der Waals surface area contributed by atoms with E-state index < -0.39 is 205 Å². The third-order valence-corrected chi connectivity index (χ3v) is 13.6. The highest BCUT2D eigenvalue weighted by atomic mass is 32.2. The lowest BCUT2D eigenvalue weighted by Gasteiger charge is -2.45. The van der Waals surface area contributed by atoms with Gasteiger partial charge in [-0.05, 0) is 31.6 Å². The van der Waals surface area contributed by atoms with Crippen molar-refractivity contribution in [2.45, 2.75) is 173 Å². The van der Waals surface area contributed by atoms with Crippen LogP contribution in [0.4, 0.5) is 0 Å². The number of nitrogens with one attached hydrogen (secondary N) is 9. The molecule has 0 bridgehead atoms. The van der Waals surface area contributed by atoms with Gasteiger partial charge in [0, 0.05) is 46.9 Å². The fourth-order valence-electron chi connectivity index (χ4n) is 7.85. The van der Waals surface area contributed by atoms with Crippen LogP contribution in [0.25, 0.3) is 0 Å². The maximum absolute atomic E-state index is 14.8. The molecule has 1 fully saturated rings. The minimum atomic E-state index is -1.97. The number of carboxylic acids is 1. The molecule has 1 rings (SSSR count). The summed E-state index contributed by atoms with van der Waals surface area (Å²) >= 11 is 0.657. The first-order chi connectivity index (χ1) is 39.2. The summed E-state index contributed by atoms with van der Waals surface area (Å²) in [6.07, 6.45) is -6.34. The van der Waals surface area contributed by atoms with Crippen molar-refractivity contribution < 1.29 is 107 Å². The number of aliphatic carboxylic acids is 1. The zero-order valence-corrected chi connectivity index (χ0v) is 49.1. The Morgan fingerprint density at radius 3 is 1.51 bits per heavy atom. The molecule has 0 aromatic rings. The van der Waals surface area contributed by atoms with Crippen LogP contribution < -0.4 is 59.3 Å². The highest BCUT2D eigenvalue weighted by molar-refractivity contribution is 7.99. The average Bonchev–Trinajstić information content (AvgIpc) is 3.00. The van der Waals surface area contributed by atoms with Crippen LogP contribution in [-0.4, -0.2) is 231 Å². The van der Waals surface area contributed by atoms with E-state index in [2.05, 4.69) is 47.5 Å². The molecule has 35 heteroatoms. The standard InChI is InChI=1S/C49H82N12O22S/c1-11-21(4)35(53-23(6)66)45(76)57-30(16-63)41(72)60-34(20(2)3)44(75)59-32(19-84-48-37(54-24(7)67)39(82-27(10)70)38(81-26(9)69)33(83-48)18-80-25(8)68)43(74)55-28(13-12-14-52-49(50)51)40(71)56-29(15-62)42(73)61-36(22(5)65)46(77)58-31(17-64)47(78)79/h20-22,28-39,48,62-65H,11-19H2,1-10H3,(H,53,66)(H,54,67)(H,55,74)(H,56,71)(H,57,76)(H,58,77)(H,59,75)(H,60,72)(H,61,73)(H,78,79)(H4,50,51,52)/t21-,22+,28-,29-,30-,31-,32-,33+,34-,35-,36-,37+,38+,39+,48-/m0/s1. The molecule has 476 valence electrons.